The monoisotopic (exact) mass is 648 g/mol. The molecule has 4 aromatic rings. The van der Waals surface area contributed by atoms with Crippen LogP contribution in [0.3, 0.4) is 0 Å². The third-order valence-corrected chi connectivity index (χ3v) is 8.92. The molecule has 1 heterocycles. The summed E-state index contributed by atoms with van der Waals surface area (Å²) in [7, 11) is 0. The van der Waals surface area contributed by atoms with Crippen molar-refractivity contribution in [2.45, 2.75) is 50.7 Å². The number of nitrogens with zero attached hydrogens (tertiary/aromatic N) is 2. The number of likely N-dealkylation sites (tertiary alicyclic amines) is 1. The molecule has 1 aliphatic rings. The molecule has 46 heavy (non-hydrogen) atoms. The second-order valence-electron chi connectivity index (χ2n) is 11.9. The number of ether oxygens (including phenoxy) is 1. The first-order chi connectivity index (χ1) is 22.3. The molecule has 0 unspecified atom stereocenters. The molecule has 0 spiro atoms. The van der Waals surface area contributed by atoms with E-state index in [2.05, 4.69) is 29.2 Å². The Kier molecular flexibility index (Phi) is 11.8. The Morgan fingerprint density at radius 3 is 2.15 bits per heavy atom. The van der Waals surface area contributed by atoms with Crippen molar-refractivity contribution >= 4 is 17.5 Å². The van der Waals surface area contributed by atoms with Gasteiger partial charge in [0.15, 0.2) is 0 Å². The third kappa shape index (κ3) is 9.36. The molecule has 4 aromatic carbocycles. The average molecular weight is 649 g/mol. The largest absolute Gasteiger partial charge is 0.494 e. The molecule has 0 atom stereocenters. The minimum atomic E-state index is -4.53. The van der Waals surface area contributed by atoms with E-state index in [1.54, 1.807) is 6.07 Å². The van der Waals surface area contributed by atoms with Crippen molar-refractivity contribution < 1.29 is 22.7 Å². The fourth-order valence-electron chi connectivity index (χ4n) is 6.08. The molecular formula is C38H40ClF3N2O2. The number of piperidine rings is 1. The fourth-order valence-corrected chi connectivity index (χ4v) is 6.37. The zero-order chi connectivity index (χ0) is 32.4. The molecule has 242 valence electrons. The van der Waals surface area contributed by atoms with Crippen molar-refractivity contribution in [3.05, 3.63) is 136 Å². The Hall–Kier alpha value is -3.81. The minimum absolute atomic E-state index is 0.00187. The van der Waals surface area contributed by atoms with E-state index in [0.29, 0.717) is 43.9 Å². The van der Waals surface area contributed by atoms with Crippen LogP contribution in [-0.2, 0) is 23.9 Å². The zero-order valence-electron chi connectivity index (χ0n) is 25.9. The van der Waals surface area contributed by atoms with E-state index in [-0.39, 0.29) is 23.4 Å². The van der Waals surface area contributed by atoms with Gasteiger partial charge in [-0.2, -0.15) is 13.2 Å². The lowest BCUT2D eigenvalue weighted by molar-refractivity contribution is -0.137. The molecular weight excluding hydrogens is 609 g/mol. The predicted molar refractivity (Wildman–Crippen MR) is 177 cm³/mol. The van der Waals surface area contributed by atoms with E-state index < -0.39 is 11.7 Å². The Morgan fingerprint density at radius 1 is 0.848 bits per heavy atom. The highest BCUT2D eigenvalue weighted by atomic mass is 35.5. The summed E-state index contributed by atoms with van der Waals surface area (Å²) in [5, 5.41) is -0.261. The molecule has 1 fully saturated rings. The van der Waals surface area contributed by atoms with Gasteiger partial charge >= 0.3 is 6.18 Å². The van der Waals surface area contributed by atoms with Gasteiger partial charge in [-0.3, -0.25) is 9.69 Å². The van der Waals surface area contributed by atoms with Crippen LogP contribution in [-0.4, -0.2) is 48.5 Å². The Morgan fingerprint density at radius 2 is 1.50 bits per heavy atom. The third-order valence-electron chi connectivity index (χ3n) is 8.47. The maximum Gasteiger partial charge on any atom is 0.417 e. The van der Waals surface area contributed by atoms with Crippen molar-refractivity contribution in [1.82, 2.24) is 9.80 Å². The van der Waals surface area contributed by atoms with Gasteiger partial charge in [0.2, 0.25) is 5.91 Å². The van der Waals surface area contributed by atoms with Gasteiger partial charge < -0.3 is 9.64 Å². The van der Waals surface area contributed by atoms with E-state index in [0.717, 1.165) is 48.7 Å². The van der Waals surface area contributed by atoms with Crippen molar-refractivity contribution in [1.29, 1.82) is 0 Å². The van der Waals surface area contributed by atoms with Crippen LogP contribution in [0.2, 0.25) is 5.02 Å². The normalized spacial score (nSPS) is 13.7. The quantitative estimate of drug-likeness (QED) is 0.136. The van der Waals surface area contributed by atoms with Crippen LogP contribution in [0.15, 0.2) is 103 Å². The van der Waals surface area contributed by atoms with Gasteiger partial charge in [-0.1, -0.05) is 96.5 Å². The molecule has 1 saturated heterocycles. The summed E-state index contributed by atoms with van der Waals surface area (Å²) in [6.45, 7) is 3.48. The first kappa shape index (κ1) is 33.6. The first-order valence-electron chi connectivity index (χ1n) is 15.9. The smallest absolute Gasteiger partial charge is 0.417 e. The van der Waals surface area contributed by atoms with Gasteiger partial charge in [-0.15, -0.1) is 0 Å². The molecule has 8 heteroatoms. The highest BCUT2D eigenvalue weighted by Gasteiger charge is 2.34. The van der Waals surface area contributed by atoms with E-state index in [9.17, 15) is 18.0 Å². The Bertz CT molecular complexity index is 1500. The van der Waals surface area contributed by atoms with Crippen LogP contribution in [0.25, 0.3) is 0 Å². The molecule has 4 nitrogen and oxygen atoms in total. The van der Waals surface area contributed by atoms with E-state index in [1.807, 2.05) is 65.6 Å². The number of halogens is 4. The van der Waals surface area contributed by atoms with Crippen molar-refractivity contribution in [2.75, 3.05) is 32.8 Å². The lowest BCUT2D eigenvalue weighted by Crippen LogP contribution is -2.36. The van der Waals surface area contributed by atoms with Crippen molar-refractivity contribution in [3.8, 4) is 5.75 Å². The summed E-state index contributed by atoms with van der Waals surface area (Å²) in [6.07, 6.45) is -0.245. The fraction of sp³-hybridized carbons (Fsp3) is 0.342. The summed E-state index contributed by atoms with van der Waals surface area (Å²) >= 11 is 6.35. The SMILES string of the molecule is O=C(Cc1cccc(OCCCN(Cc2cccc(C(F)(F)F)c2Cl)CC(c2ccccc2)c2ccccc2)c1)N1CCCCC1. The summed E-state index contributed by atoms with van der Waals surface area (Å²) < 4.78 is 47.2. The highest BCUT2D eigenvalue weighted by Crippen LogP contribution is 2.37. The lowest BCUT2D eigenvalue weighted by Gasteiger charge is -2.29. The summed E-state index contributed by atoms with van der Waals surface area (Å²) in [5.74, 6) is 0.844. The molecule has 0 saturated carbocycles. The van der Waals surface area contributed by atoms with Gasteiger partial charge in [-0.25, -0.2) is 0 Å². The molecule has 0 bridgehead atoms. The van der Waals surface area contributed by atoms with Crippen LogP contribution in [0.5, 0.6) is 5.75 Å². The van der Waals surface area contributed by atoms with Crippen LogP contribution in [0.1, 0.15) is 59.4 Å². The van der Waals surface area contributed by atoms with E-state index >= 15 is 0 Å². The van der Waals surface area contributed by atoms with Crippen molar-refractivity contribution in [3.63, 3.8) is 0 Å². The van der Waals surface area contributed by atoms with Gasteiger partial charge in [0.25, 0.3) is 0 Å². The van der Waals surface area contributed by atoms with Gasteiger partial charge in [0.05, 0.1) is 23.6 Å². The highest BCUT2D eigenvalue weighted by molar-refractivity contribution is 6.32. The number of hydrogen-bond acceptors (Lipinski definition) is 3. The summed E-state index contributed by atoms with van der Waals surface area (Å²) in [6, 6.07) is 32.0. The summed E-state index contributed by atoms with van der Waals surface area (Å²) in [4.78, 5) is 16.9. The standard InChI is InChI=1S/C38H40ClF3N2O2/c39-37-32(18-11-20-35(37)38(40,41)42)27-43(28-34(30-14-4-1-5-15-30)31-16-6-2-7-17-31)21-12-24-46-33-19-10-13-29(25-33)26-36(45)44-22-8-3-9-23-44/h1-2,4-7,10-11,13-20,25,34H,3,8-9,12,21-24,26-28H2. The molecule has 1 aliphatic heterocycles. The molecule has 0 radical (unpaired) electrons. The van der Waals surface area contributed by atoms with Gasteiger partial charge in [0, 0.05) is 38.6 Å². The topological polar surface area (TPSA) is 32.8 Å². The number of hydrogen-bond donors (Lipinski definition) is 0. The second kappa shape index (κ2) is 16.1. The maximum absolute atomic E-state index is 13.7. The van der Waals surface area contributed by atoms with Crippen molar-refractivity contribution in [2.24, 2.45) is 0 Å². The number of amides is 1. The maximum atomic E-state index is 13.7. The lowest BCUT2D eigenvalue weighted by atomic mass is 9.90. The predicted octanol–water partition coefficient (Wildman–Crippen LogP) is 9.02. The van der Waals surface area contributed by atoms with Gasteiger partial charge in [0.1, 0.15) is 5.75 Å². The van der Waals surface area contributed by atoms with Crippen LogP contribution >= 0.6 is 11.6 Å². The van der Waals surface area contributed by atoms with Gasteiger partial charge in [-0.05, 0) is 66.1 Å². The summed E-state index contributed by atoms with van der Waals surface area (Å²) in [5.41, 5.74) is 2.78. The van der Waals surface area contributed by atoms with E-state index in [1.165, 1.54) is 12.5 Å². The number of alkyl halides is 3. The Labute approximate surface area is 274 Å². The number of benzene rings is 4. The minimum Gasteiger partial charge on any atom is -0.494 e. The molecule has 1 amide bonds. The first-order valence-corrected chi connectivity index (χ1v) is 16.3. The van der Waals surface area contributed by atoms with Crippen LogP contribution in [0, 0.1) is 0 Å². The Balaban J connectivity index is 1.29. The average Bonchev–Trinajstić information content (AvgIpc) is 3.07. The van der Waals surface area contributed by atoms with Crippen LogP contribution in [0.4, 0.5) is 13.2 Å². The van der Waals surface area contributed by atoms with E-state index in [4.69, 9.17) is 16.3 Å². The molecule has 0 aliphatic carbocycles. The zero-order valence-corrected chi connectivity index (χ0v) is 26.6. The number of rotatable bonds is 13. The number of carbonyl (C=O) groups excluding carboxylic acids is 1. The molecule has 0 aromatic heterocycles. The van der Waals surface area contributed by atoms with Crippen LogP contribution < -0.4 is 4.74 Å². The molecule has 0 N–H and O–H groups in total. The molecule has 5 rings (SSSR count). The second-order valence-corrected chi connectivity index (χ2v) is 12.2. The number of carbonyl (C=O) groups is 1.